The van der Waals surface area contributed by atoms with Gasteiger partial charge >= 0.3 is 0 Å². The number of hydrogen-bond acceptors (Lipinski definition) is 2. The van der Waals surface area contributed by atoms with E-state index in [9.17, 15) is 0 Å². The fourth-order valence-corrected chi connectivity index (χ4v) is 2.50. The molecule has 0 amide bonds. The highest BCUT2D eigenvalue weighted by molar-refractivity contribution is 14.1. The number of nitrogens with zero attached hydrogens (tertiary/aromatic N) is 3. The standard InChI is InChI=1S/C8H7ClIN3/c1-2-13-3-5(10)6-7(9)11-4-12-8(6)13/h3-4H,2H2,1H3. The predicted octanol–water partition coefficient (Wildman–Crippen LogP) is 2.71. The van der Waals surface area contributed by atoms with E-state index in [1.165, 1.54) is 6.33 Å². The Hall–Kier alpha value is -0.360. The smallest absolute Gasteiger partial charge is 0.145 e. The van der Waals surface area contributed by atoms with E-state index in [1.807, 2.05) is 6.20 Å². The summed E-state index contributed by atoms with van der Waals surface area (Å²) in [6.07, 6.45) is 3.53. The molecular weight excluding hydrogens is 300 g/mol. The quantitative estimate of drug-likeness (QED) is 0.599. The molecule has 0 saturated carbocycles. The van der Waals surface area contributed by atoms with E-state index < -0.39 is 0 Å². The Bertz CT molecular complexity index is 452. The monoisotopic (exact) mass is 307 g/mol. The molecule has 2 rings (SSSR count). The van der Waals surface area contributed by atoms with Gasteiger partial charge in [-0.3, -0.25) is 0 Å². The Morgan fingerprint density at radius 3 is 3.00 bits per heavy atom. The first-order valence-electron chi connectivity index (χ1n) is 3.89. The lowest BCUT2D eigenvalue weighted by Crippen LogP contribution is -1.93. The minimum atomic E-state index is 0.529. The first-order valence-corrected chi connectivity index (χ1v) is 5.34. The van der Waals surface area contributed by atoms with Gasteiger partial charge in [-0.15, -0.1) is 0 Å². The number of rotatable bonds is 1. The van der Waals surface area contributed by atoms with Crippen LogP contribution in [0.3, 0.4) is 0 Å². The maximum Gasteiger partial charge on any atom is 0.145 e. The highest BCUT2D eigenvalue weighted by atomic mass is 127. The molecule has 13 heavy (non-hydrogen) atoms. The van der Waals surface area contributed by atoms with E-state index in [0.717, 1.165) is 21.1 Å². The number of aryl methyl sites for hydroxylation is 1. The number of fused-ring (bicyclic) bond motifs is 1. The number of aromatic nitrogens is 3. The van der Waals surface area contributed by atoms with Crippen LogP contribution in [0.1, 0.15) is 6.92 Å². The van der Waals surface area contributed by atoms with Crippen LogP contribution >= 0.6 is 34.2 Å². The second-order valence-electron chi connectivity index (χ2n) is 2.63. The Kier molecular flexibility index (Phi) is 2.42. The summed E-state index contributed by atoms with van der Waals surface area (Å²) in [4.78, 5) is 8.15. The largest absolute Gasteiger partial charge is 0.332 e. The van der Waals surface area contributed by atoms with E-state index in [4.69, 9.17) is 11.6 Å². The van der Waals surface area contributed by atoms with Crippen LogP contribution in [0.5, 0.6) is 0 Å². The van der Waals surface area contributed by atoms with Gasteiger partial charge in [0.15, 0.2) is 0 Å². The maximum atomic E-state index is 5.96. The normalized spacial score (nSPS) is 11.0. The first kappa shape index (κ1) is 9.21. The lowest BCUT2D eigenvalue weighted by atomic mass is 10.4. The third kappa shape index (κ3) is 1.42. The van der Waals surface area contributed by atoms with Crippen LogP contribution in [-0.2, 0) is 6.54 Å². The van der Waals surface area contributed by atoms with Gasteiger partial charge in [-0.05, 0) is 29.5 Å². The van der Waals surface area contributed by atoms with Crippen LogP contribution in [0.15, 0.2) is 12.5 Å². The average molecular weight is 308 g/mol. The molecular formula is C8H7ClIN3. The maximum absolute atomic E-state index is 5.96. The predicted molar refractivity (Wildman–Crippen MR) is 60.9 cm³/mol. The second kappa shape index (κ2) is 3.42. The zero-order valence-electron chi connectivity index (χ0n) is 6.96. The van der Waals surface area contributed by atoms with Crippen molar-refractivity contribution in [3.05, 3.63) is 21.2 Å². The van der Waals surface area contributed by atoms with Crippen LogP contribution in [0.2, 0.25) is 5.15 Å². The molecule has 0 N–H and O–H groups in total. The van der Waals surface area contributed by atoms with Gasteiger partial charge in [-0.2, -0.15) is 0 Å². The zero-order valence-corrected chi connectivity index (χ0v) is 9.87. The molecule has 0 fully saturated rings. The summed E-state index contributed by atoms with van der Waals surface area (Å²) in [5.74, 6) is 0. The summed E-state index contributed by atoms with van der Waals surface area (Å²) in [5.41, 5.74) is 0.909. The number of hydrogen-bond donors (Lipinski definition) is 0. The van der Waals surface area contributed by atoms with E-state index in [1.54, 1.807) is 0 Å². The van der Waals surface area contributed by atoms with Crippen molar-refractivity contribution >= 4 is 45.2 Å². The van der Waals surface area contributed by atoms with E-state index in [0.29, 0.717) is 5.15 Å². The summed E-state index contributed by atoms with van der Waals surface area (Å²) in [5, 5.41) is 1.48. The van der Waals surface area contributed by atoms with Crippen molar-refractivity contribution in [2.24, 2.45) is 0 Å². The van der Waals surface area contributed by atoms with Crippen LogP contribution in [0.25, 0.3) is 11.0 Å². The minimum absolute atomic E-state index is 0.529. The van der Waals surface area contributed by atoms with Crippen LogP contribution in [-0.4, -0.2) is 14.5 Å². The SMILES string of the molecule is CCn1cc(I)c2c(Cl)ncnc21. The van der Waals surface area contributed by atoms with Crippen molar-refractivity contribution in [2.45, 2.75) is 13.5 Å². The molecule has 0 unspecified atom stereocenters. The van der Waals surface area contributed by atoms with Gasteiger partial charge in [0, 0.05) is 16.3 Å². The number of halogens is 2. The first-order chi connectivity index (χ1) is 6.24. The topological polar surface area (TPSA) is 30.7 Å². The molecule has 2 aromatic rings. The van der Waals surface area contributed by atoms with E-state index >= 15 is 0 Å². The summed E-state index contributed by atoms with van der Waals surface area (Å²) in [6, 6.07) is 0. The van der Waals surface area contributed by atoms with Crippen molar-refractivity contribution in [1.82, 2.24) is 14.5 Å². The summed E-state index contributed by atoms with van der Waals surface area (Å²) < 4.78 is 3.16. The lowest BCUT2D eigenvalue weighted by Gasteiger charge is -1.97. The van der Waals surface area contributed by atoms with Crippen LogP contribution in [0, 0.1) is 3.57 Å². The van der Waals surface area contributed by atoms with Gasteiger partial charge in [0.05, 0.1) is 5.39 Å². The molecule has 0 aliphatic heterocycles. The summed E-state index contributed by atoms with van der Waals surface area (Å²) in [6.45, 7) is 2.97. The average Bonchev–Trinajstić information content (AvgIpc) is 2.44. The Morgan fingerprint density at radius 2 is 2.31 bits per heavy atom. The lowest BCUT2D eigenvalue weighted by molar-refractivity contribution is 0.785. The van der Waals surface area contributed by atoms with Crippen molar-refractivity contribution in [2.75, 3.05) is 0 Å². The molecule has 3 nitrogen and oxygen atoms in total. The van der Waals surface area contributed by atoms with Crippen molar-refractivity contribution in [3.63, 3.8) is 0 Å². The zero-order chi connectivity index (χ0) is 9.42. The Balaban J connectivity index is 2.87. The van der Waals surface area contributed by atoms with Crippen molar-refractivity contribution in [3.8, 4) is 0 Å². The molecule has 0 radical (unpaired) electrons. The van der Waals surface area contributed by atoms with Crippen LogP contribution in [0.4, 0.5) is 0 Å². The van der Waals surface area contributed by atoms with Crippen molar-refractivity contribution in [1.29, 1.82) is 0 Å². The Morgan fingerprint density at radius 1 is 1.54 bits per heavy atom. The molecule has 0 aromatic carbocycles. The molecule has 0 aliphatic carbocycles. The molecule has 0 spiro atoms. The molecule has 0 aliphatic rings. The third-order valence-electron chi connectivity index (χ3n) is 1.90. The van der Waals surface area contributed by atoms with Gasteiger partial charge in [-0.1, -0.05) is 11.6 Å². The van der Waals surface area contributed by atoms with Crippen molar-refractivity contribution < 1.29 is 0 Å². The molecule has 0 saturated heterocycles. The molecule has 68 valence electrons. The molecule has 5 heteroatoms. The molecule has 0 bridgehead atoms. The van der Waals surface area contributed by atoms with Gasteiger partial charge in [0.25, 0.3) is 0 Å². The van der Waals surface area contributed by atoms with Gasteiger partial charge in [0.2, 0.25) is 0 Å². The third-order valence-corrected chi connectivity index (χ3v) is 3.01. The van der Waals surface area contributed by atoms with Gasteiger partial charge < -0.3 is 4.57 Å². The highest BCUT2D eigenvalue weighted by Gasteiger charge is 2.10. The molecule has 0 atom stereocenters. The second-order valence-corrected chi connectivity index (χ2v) is 4.15. The highest BCUT2D eigenvalue weighted by Crippen LogP contribution is 2.26. The van der Waals surface area contributed by atoms with E-state index in [2.05, 4.69) is 44.0 Å². The summed E-state index contributed by atoms with van der Waals surface area (Å²) >= 11 is 8.21. The Labute approximate surface area is 94.3 Å². The van der Waals surface area contributed by atoms with Gasteiger partial charge in [0.1, 0.15) is 17.1 Å². The van der Waals surface area contributed by atoms with E-state index in [-0.39, 0.29) is 0 Å². The summed E-state index contributed by atoms with van der Waals surface area (Å²) in [7, 11) is 0. The van der Waals surface area contributed by atoms with Gasteiger partial charge in [-0.25, -0.2) is 9.97 Å². The van der Waals surface area contributed by atoms with Crippen LogP contribution < -0.4 is 0 Å². The molecule has 2 heterocycles. The fraction of sp³-hybridized carbons (Fsp3) is 0.250. The molecule has 2 aromatic heterocycles. The fourth-order valence-electron chi connectivity index (χ4n) is 1.28. The minimum Gasteiger partial charge on any atom is -0.332 e.